The number of benzene rings is 2. The number of nitrogens with zero attached hydrogens (tertiary/aromatic N) is 1. The molecule has 0 radical (unpaired) electrons. The second-order valence-electron chi connectivity index (χ2n) is 7.21. The lowest BCUT2D eigenvalue weighted by molar-refractivity contribution is -0.159. The predicted octanol–water partition coefficient (Wildman–Crippen LogP) is 3.42. The lowest BCUT2D eigenvalue weighted by Crippen LogP contribution is -2.53. The third kappa shape index (κ3) is 3.74. The lowest BCUT2D eigenvalue weighted by Gasteiger charge is -2.38. The van der Waals surface area contributed by atoms with Crippen LogP contribution in [-0.2, 0) is 17.9 Å². The van der Waals surface area contributed by atoms with Gasteiger partial charge in [-0.1, -0.05) is 30.3 Å². The number of fused-ring (bicyclic) bond motifs is 1. The zero-order valence-corrected chi connectivity index (χ0v) is 15.5. The molecule has 2 N–H and O–H groups in total. The van der Waals surface area contributed by atoms with Gasteiger partial charge in [0.25, 0.3) is 0 Å². The minimum atomic E-state index is -1.22. The summed E-state index contributed by atoms with van der Waals surface area (Å²) in [5, 5.41) is 21.1. The number of likely N-dealkylation sites (tertiary alicyclic amines) is 1. The Morgan fingerprint density at radius 2 is 1.75 bits per heavy atom. The zero-order chi connectivity index (χ0) is 19.6. The Labute approximate surface area is 163 Å². The molecule has 0 atom stereocenters. The highest BCUT2D eigenvalue weighted by Crippen LogP contribution is 2.31. The first kappa shape index (κ1) is 18.5. The quantitative estimate of drug-likeness (QED) is 0.681. The Morgan fingerprint density at radius 3 is 2.43 bits per heavy atom. The smallest absolute Gasteiger partial charge is 0.348 e. The summed E-state index contributed by atoms with van der Waals surface area (Å²) in [6.45, 7) is 1.65. The summed E-state index contributed by atoms with van der Waals surface area (Å²) in [5.41, 5.74) is -1.22. The van der Waals surface area contributed by atoms with Crippen molar-refractivity contribution in [2.75, 3.05) is 13.1 Å². The molecule has 1 aliphatic heterocycles. The molecule has 6 heteroatoms. The van der Waals surface area contributed by atoms with Crippen LogP contribution in [0.25, 0.3) is 10.8 Å². The number of carboxylic acids is 1. The number of aliphatic hydroxyl groups is 1. The first-order valence-electron chi connectivity index (χ1n) is 9.40. The number of piperidine rings is 1. The monoisotopic (exact) mass is 381 g/mol. The Hall–Kier alpha value is -2.83. The van der Waals surface area contributed by atoms with Crippen molar-refractivity contribution in [3.05, 3.63) is 66.1 Å². The van der Waals surface area contributed by atoms with E-state index in [1.54, 1.807) is 6.07 Å². The van der Waals surface area contributed by atoms with E-state index in [0.29, 0.717) is 44.0 Å². The highest BCUT2D eigenvalue weighted by Gasteiger charge is 2.44. The summed E-state index contributed by atoms with van der Waals surface area (Å²) in [7, 11) is 0. The fraction of sp³-hybridized carbons (Fsp3) is 0.318. The van der Waals surface area contributed by atoms with Crippen LogP contribution in [0.3, 0.4) is 0 Å². The Kier molecular flexibility index (Phi) is 5.07. The second kappa shape index (κ2) is 7.66. The maximum Gasteiger partial charge on any atom is 0.348 e. The van der Waals surface area contributed by atoms with Gasteiger partial charge in [-0.05, 0) is 35.0 Å². The van der Waals surface area contributed by atoms with Gasteiger partial charge in [0.1, 0.15) is 23.9 Å². The van der Waals surface area contributed by atoms with Gasteiger partial charge in [-0.25, -0.2) is 4.79 Å². The van der Waals surface area contributed by atoms with Crippen LogP contribution in [0, 0.1) is 0 Å². The number of aliphatic hydroxyl groups excluding tert-OH is 1. The molecule has 3 aromatic rings. The third-order valence-electron chi connectivity index (χ3n) is 5.34. The van der Waals surface area contributed by atoms with Crippen LogP contribution in [0.15, 0.2) is 59.0 Å². The molecule has 1 saturated heterocycles. The molecule has 6 nitrogen and oxygen atoms in total. The third-order valence-corrected chi connectivity index (χ3v) is 5.34. The van der Waals surface area contributed by atoms with Gasteiger partial charge in [0.15, 0.2) is 0 Å². The summed E-state index contributed by atoms with van der Waals surface area (Å²) < 4.78 is 11.6. The van der Waals surface area contributed by atoms with Crippen molar-refractivity contribution in [2.45, 2.75) is 31.6 Å². The molecule has 0 aliphatic carbocycles. The summed E-state index contributed by atoms with van der Waals surface area (Å²) in [5.74, 6) is 0.947. The van der Waals surface area contributed by atoms with E-state index in [-0.39, 0.29) is 6.61 Å². The molecule has 0 spiro atoms. The highest BCUT2D eigenvalue weighted by atomic mass is 16.5. The van der Waals surface area contributed by atoms with Gasteiger partial charge in [0.05, 0.1) is 6.54 Å². The minimum Gasteiger partial charge on any atom is -0.478 e. The van der Waals surface area contributed by atoms with Crippen LogP contribution in [-0.4, -0.2) is 39.8 Å². The van der Waals surface area contributed by atoms with Crippen LogP contribution < -0.4 is 4.74 Å². The van der Waals surface area contributed by atoms with Crippen molar-refractivity contribution in [3.8, 4) is 5.75 Å². The molecule has 0 amide bonds. The first-order chi connectivity index (χ1) is 13.6. The van der Waals surface area contributed by atoms with Gasteiger partial charge in [-0.2, -0.15) is 0 Å². The SMILES string of the molecule is O=C(O)C1(Oc2ccc3ccccc3c2)CCN(Cc2ccc(CO)o2)CC1. The van der Waals surface area contributed by atoms with Crippen LogP contribution >= 0.6 is 0 Å². The number of hydrogen-bond donors (Lipinski definition) is 2. The van der Waals surface area contributed by atoms with Gasteiger partial charge in [-0.3, -0.25) is 4.90 Å². The molecular formula is C22H23NO5. The van der Waals surface area contributed by atoms with Gasteiger partial charge < -0.3 is 19.4 Å². The number of furan rings is 1. The van der Waals surface area contributed by atoms with Crippen molar-refractivity contribution in [1.29, 1.82) is 0 Å². The Morgan fingerprint density at radius 1 is 1.04 bits per heavy atom. The fourth-order valence-electron chi connectivity index (χ4n) is 3.70. The number of carboxylic acid groups (broad SMARTS) is 1. The van der Waals surface area contributed by atoms with Crippen LogP contribution in [0.4, 0.5) is 0 Å². The molecule has 1 fully saturated rings. The second-order valence-corrected chi connectivity index (χ2v) is 7.21. The van der Waals surface area contributed by atoms with Crippen LogP contribution in [0.5, 0.6) is 5.75 Å². The molecule has 28 heavy (non-hydrogen) atoms. The van der Waals surface area contributed by atoms with Gasteiger partial charge >= 0.3 is 5.97 Å². The van der Waals surface area contributed by atoms with Crippen molar-refractivity contribution in [1.82, 2.24) is 4.90 Å². The largest absolute Gasteiger partial charge is 0.478 e. The molecule has 146 valence electrons. The van der Waals surface area contributed by atoms with E-state index in [4.69, 9.17) is 14.3 Å². The minimum absolute atomic E-state index is 0.123. The molecule has 1 aliphatic rings. The molecule has 0 unspecified atom stereocenters. The number of aliphatic carboxylic acids is 1. The number of hydrogen-bond acceptors (Lipinski definition) is 5. The standard InChI is InChI=1S/C22H23NO5/c24-15-20-8-7-19(27-20)14-23-11-9-22(10-12-23,21(25)26)28-18-6-5-16-3-1-2-4-17(16)13-18/h1-8,13,24H,9-12,14-15H2,(H,25,26). The summed E-state index contributed by atoms with van der Waals surface area (Å²) >= 11 is 0. The fourth-order valence-corrected chi connectivity index (χ4v) is 3.70. The van der Waals surface area contributed by atoms with Crippen LogP contribution in [0.1, 0.15) is 24.4 Å². The van der Waals surface area contributed by atoms with Gasteiger partial charge in [-0.15, -0.1) is 0 Å². The summed E-state index contributed by atoms with van der Waals surface area (Å²) in [4.78, 5) is 14.2. The number of carbonyl (C=O) groups is 1. The normalized spacial score (nSPS) is 16.9. The maximum absolute atomic E-state index is 12.1. The van der Waals surface area contributed by atoms with E-state index in [1.165, 1.54) is 0 Å². The molecule has 4 rings (SSSR count). The summed E-state index contributed by atoms with van der Waals surface area (Å²) in [6.07, 6.45) is 0.783. The predicted molar refractivity (Wildman–Crippen MR) is 104 cm³/mol. The van der Waals surface area contributed by atoms with Crippen molar-refractivity contribution < 1.29 is 24.2 Å². The average molecular weight is 381 g/mol. The topological polar surface area (TPSA) is 83.1 Å². The van der Waals surface area contributed by atoms with E-state index >= 15 is 0 Å². The molecule has 0 bridgehead atoms. The Bertz CT molecular complexity index is 972. The average Bonchev–Trinajstić information content (AvgIpc) is 3.17. The van der Waals surface area contributed by atoms with E-state index in [9.17, 15) is 9.90 Å². The Balaban J connectivity index is 1.45. The van der Waals surface area contributed by atoms with Crippen molar-refractivity contribution in [2.24, 2.45) is 0 Å². The van der Waals surface area contributed by atoms with Crippen LogP contribution in [0.2, 0.25) is 0 Å². The molecule has 2 heterocycles. The van der Waals surface area contributed by atoms with E-state index in [0.717, 1.165) is 16.5 Å². The number of rotatable bonds is 6. The maximum atomic E-state index is 12.1. The van der Waals surface area contributed by atoms with Crippen molar-refractivity contribution in [3.63, 3.8) is 0 Å². The lowest BCUT2D eigenvalue weighted by atomic mass is 9.91. The zero-order valence-electron chi connectivity index (χ0n) is 15.5. The molecule has 0 saturated carbocycles. The van der Waals surface area contributed by atoms with Crippen molar-refractivity contribution >= 4 is 16.7 Å². The molecule has 2 aromatic carbocycles. The van der Waals surface area contributed by atoms with E-state index in [2.05, 4.69) is 4.90 Å². The molecule has 1 aromatic heterocycles. The van der Waals surface area contributed by atoms with Gasteiger partial charge in [0, 0.05) is 25.9 Å². The van der Waals surface area contributed by atoms with E-state index in [1.807, 2.05) is 48.5 Å². The van der Waals surface area contributed by atoms with Gasteiger partial charge in [0.2, 0.25) is 5.60 Å². The van der Waals surface area contributed by atoms with E-state index < -0.39 is 11.6 Å². The first-order valence-corrected chi connectivity index (χ1v) is 9.40. The molecular weight excluding hydrogens is 358 g/mol. The summed E-state index contributed by atoms with van der Waals surface area (Å²) in [6, 6.07) is 17.2. The number of ether oxygens (including phenoxy) is 1. The highest BCUT2D eigenvalue weighted by molar-refractivity contribution is 5.84.